The summed E-state index contributed by atoms with van der Waals surface area (Å²) < 4.78 is 6.33. The maximum Gasteiger partial charge on any atom is 0.245 e. The zero-order valence-electron chi connectivity index (χ0n) is 11.9. The Balaban J connectivity index is 2.28. The molecule has 21 heavy (non-hydrogen) atoms. The fourth-order valence-electron chi connectivity index (χ4n) is 2.31. The van der Waals surface area contributed by atoms with Crippen molar-refractivity contribution in [3.8, 4) is 6.07 Å². The third-order valence-corrected chi connectivity index (χ3v) is 3.86. The van der Waals surface area contributed by atoms with Crippen LogP contribution in [0.5, 0.6) is 0 Å². The Morgan fingerprint density at radius 2 is 2.43 bits per heavy atom. The molecule has 112 valence electrons. The van der Waals surface area contributed by atoms with E-state index in [1.165, 1.54) is 0 Å². The number of benzene rings is 1. The highest BCUT2D eigenvalue weighted by atomic mass is 79.9. The van der Waals surface area contributed by atoms with Crippen LogP contribution in [-0.2, 0) is 9.53 Å². The van der Waals surface area contributed by atoms with E-state index in [1.54, 1.807) is 6.07 Å². The molecule has 1 aromatic rings. The van der Waals surface area contributed by atoms with Crippen LogP contribution in [0.25, 0.3) is 0 Å². The summed E-state index contributed by atoms with van der Waals surface area (Å²) >= 11 is 3.42. The molecule has 5 nitrogen and oxygen atoms in total. The minimum atomic E-state index is -0.397. The van der Waals surface area contributed by atoms with Gasteiger partial charge < -0.3 is 15.0 Å². The van der Waals surface area contributed by atoms with Gasteiger partial charge in [0, 0.05) is 17.6 Å². The number of halogens is 1. The lowest BCUT2D eigenvalue weighted by Crippen LogP contribution is -2.54. The third-order valence-electron chi connectivity index (χ3n) is 3.37. The summed E-state index contributed by atoms with van der Waals surface area (Å²) in [5, 5.41) is 12.2. The van der Waals surface area contributed by atoms with E-state index in [0.717, 1.165) is 16.6 Å². The van der Waals surface area contributed by atoms with Gasteiger partial charge in [-0.25, -0.2) is 0 Å². The van der Waals surface area contributed by atoms with Gasteiger partial charge in [0.15, 0.2) is 0 Å². The molecule has 6 heteroatoms. The Morgan fingerprint density at radius 1 is 1.62 bits per heavy atom. The van der Waals surface area contributed by atoms with E-state index in [-0.39, 0.29) is 5.91 Å². The number of carbonyl (C=O) groups excluding carboxylic acids is 1. The van der Waals surface area contributed by atoms with Crippen LogP contribution in [-0.4, -0.2) is 38.3 Å². The Kier molecular flexibility index (Phi) is 5.59. The molecule has 1 amide bonds. The molecule has 0 spiro atoms. The van der Waals surface area contributed by atoms with E-state index in [0.29, 0.717) is 31.9 Å². The number of ether oxygens (including phenoxy) is 1. The summed E-state index contributed by atoms with van der Waals surface area (Å²) in [6.07, 6.45) is 0.889. The molecule has 0 aromatic heterocycles. The van der Waals surface area contributed by atoms with Crippen molar-refractivity contribution < 1.29 is 9.53 Å². The summed E-state index contributed by atoms with van der Waals surface area (Å²) in [4.78, 5) is 14.3. The number of morpholine rings is 1. The topological polar surface area (TPSA) is 65.4 Å². The predicted octanol–water partition coefficient (Wildman–Crippen LogP) is 2.05. The van der Waals surface area contributed by atoms with Crippen molar-refractivity contribution in [1.82, 2.24) is 5.32 Å². The number of nitriles is 1. The highest BCUT2D eigenvalue weighted by molar-refractivity contribution is 9.10. The Morgan fingerprint density at radius 3 is 3.14 bits per heavy atom. The molecule has 0 radical (unpaired) electrons. The van der Waals surface area contributed by atoms with E-state index < -0.39 is 6.04 Å². The van der Waals surface area contributed by atoms with E-state index in [1.807, 2.05) is 24.0 Å². The quantitative estimate of drug-likeness (QED) is 0.901. The van der Waals surface area contributed by atoms with Gasteiger partial charge in [-0.2, -0.15) is 5.26 Å². The SMILES string of the molecule is CCCNC(=O)C1COCCN1c1cc(Br)ccc1C#N. The van der Waals surface area contributed by atoms with Crippen molar-refractivity contribution in [2.75, 3.05) is 31.2 Å². The molecular weight excluding hydrogens is 334 g/mol. The van der Waals surface area contributed by atoms with Crippen molar-refractivity contribution in [1.29, 1.82) is 5.26 Å². The fourth-order valence-corrected chi connectivity index (χ4v) is 2.66. The summed E-state index contributed by atoms with van der Waals surface area (Å²) in [7, 11) is 0. The van der Waals surface area contributed by atoms with Crippen LogP contribution < -0.4 is 10.2 Å². The van der Waals surface area contributed by atoms with Crippen LogP contribution in [0.2, 0.25) is 0 Å². The number of nitrogens with zero attached hydrogens (tertiary/aromatic N) is 2. The van der Waals surface area contributed by atoms with Gasteiger partial charge in [-0.1, -0.05) is 22.9 Å². The number of hydrogen-bond acceptors (Lipinski definition) is 4. The second-order valence-electron chi connectivity index (χ2n) is 4.85. The normalized spacial score (nSPS) is 18.1. The average Bonchev–Trinajstić information content (AvgIpc) is 2.52. The number of amides is 1. The van der Waals surface area contributed by atoms with Crippen LogP contribution in [0.3, 0.4) is 0 Å². The number of carbonyl (C=O) groups is 1. The third kappa shape index (κ3) is 3.74. The molecule has 1 N–H and O–H groups in total. The van der Waals surface area contributed by atoms with Gasteiger partial charge >= 0.3 is 0 Å². The van der Waals surface area contributed by atoms with E-state index in [4.69, 9.17) is 4.74 Å². The first-order valence-corrected chi connectivity index (χ1v) is 7.78. The molecule has 1 aliphatic rings. The Hall–Kier alpha value is -1.58. The van der Waals surface area contributed by atoms with Crippen molar-refractivity contribution in [2.24, 2.45) is 0 Å². The summed E-state index contributed by atoms with van der Waals surface area (Å²) in [6, 6.07) is 7.26. The average molecular weight is 352 g/mol. The zero-order chi connectivity index (χ0) is 15.2. The smallest absolute Gasteiger partial charge is 0.245 e. The first-order valence-electron chi connectivity index (χ1n) is 6.99. The van der Waals surface area contributed by atoms with Gasteiger partial charge in [-0.3, -0.25) is 4.79 Å². The maximum atomic E-state index is 12.3. The van der Waals surface area contributed by atoms with E-state index in [2.05, 4.69) is 27.3 Å². The lowest BCUT2D eigenvalue weighted by atomic mass is 10.1. The van der Waals surface area contributed by atoms with E-state index >= 15 is 0 Å². The molecular formula is C15H18BrN3O2. The zero-order valence-corrected chi connectivity index (χ0v) is 13.5. The van der Waals surface area contributed by atoms with Crippen molar-refractivity contribution in [3.05, 3.63) is 28.2 Å². The Labute approximate surface area is 133 Å². The largest absolute Gasteiger partial charge is 0.377 e. The van der Waals surface area contributed by atoms with Gasteiger partial charge in [0.05, 0.1) is 24.5 Å². The molecule has 1 saturated heterocycles. The van der Waals surface area contributed by atoms with Crippen LogP contribution in [0.1, 0.15) is 18.9 Å². The predicted molar refractivity (Wildman–Crippen MR) is 84.1 cm³/mol. The summed E-state index contributed by atoms with van der Waals surface area (Å²) in [5.74, 6) is -0.0552. The molecule has 1 heterocycles. The second-order valence-corrected chi connectivity index (χ2v) is 5.76. The van der Waals surface area contributed by atoms with Crippen LogP contribution >= 0.6 is 15.9 Å². The van der Waals surface area contributed by atoms with Gasteiger partial charge in [-0.05, 0) is 24.6 Å². The first kappa shape index (κ1) is 15.8. The van der Waals surface area contributed by atoms with Crippen LogP contribution in [0.15, 0.2) is 22.7 Å². The number of nitrogens with one attached hydrogen (secondary N) is 1. The molecule has 1 unspecified atom stereocenters. The van der Waals surface area contributed by atoms with Crippen molar-refractivity contribution >= 4 is 27.5 Å². The van der Waals surface area contributed by atoms with E-state index in [9.17, 15) is 10.1 Å². The molecule has 1 atom stereocenters. The highest BCUT2D eigenvalue weighted by Crippen LogP contribution is 2.27. The monoisotopic (exact) mass is 351 g/mol. The highest BCUT2D eigenvalue weighted by Gasteiger charge is 2.30. The van der Waals surface area contributed by atoms with Gasteiger partial charge in [0.25, 0.3) is 0 Å². The first-order chi connectivity index (χ1) is 10.2. The minimum absolute atomic E-state index is 0.0552. The lowest BCUT2D eigenvalue weighted by Gasteiger charge is -2.36. The molecule has 1 aromatic carbocycles. The van der Waals surface area contributed by atoms with Crippen LogP contribution in [0.4, 0.5) is 5.69 Å². The Bertz CT molecular complexity index is 556. The molecule has 1 fully saturated rings. The van der Waals surface area contributed by atoms with Gasteiger partial charge in [-0.15, -0.1) is 0 Å². The standard InChI is InChI=1S/C15H18BrN3O2/c1-2-5-18-15(20)14-10-21-7-6-19(14)13-8-12(16)4-3-11(13)9-17/h3-4,8,14H,2,5-7,10H2,1H3,(H,18,20). The van der Waals surface area contributed by atoms with Gasteiger partial charge in [0.2, 0.25) is 5.91 Å². The van der Waals surface area contributed by atoms with Gasteiger partial charge in [0.1, 0.15) is 12.1 Å². The fraction of sp³-hybridized carbons (Fsp3) is 0.467. The number of hydrogen-bond donors (Lipinski definition) is 1. The minimum Gasteiger partial charge on any atom is -0.377 e. The molecule has 0 bridgehead atoms. The second kappa shape index (κ2) is 7.43. The maximum absolute atomic E-state index is 12.3. The number of anilines is 1. The van der Waals surface area contributed by atoms with Crippen molar-refractivity contribution in [2.45, 2.75) is 19.4 Å². The number of rotatable bonds is 4. The molecule has 0 aliphatic carbocycles. The molecule has 1 aliphatic heterocycles. The molecule has 2 rings (SSSR count). The lowest BCUT2D eigenvalue weighted by molar-refractivity contribution is -0.124. The van der Waals surface area contributed by atoms with Crippen LogP contribution in [0, 0.1) is 11.3 Å². The summed E-state index contributed by atoms with van der Waals surface area (Å²) in [6.45, 7) is 4.14. The summed E-state index contributed by atoms with van der Waals surface area (Å²) in [5.41, 5.74) is 1.33. The molecule has 0 saturated carbocycles. The van der Waals surface area contributed by atoms with Crippen molar-refractivity contribution in [3.63, 3.8) is 0 Å².